The van der Waals surface area contributed by atoms with E-state index in [1.165, 1.54) is 4.90 Å². The lowest BCUT2D eigenvalue weighted by atomic mass is 9.96. The maximum atomic E-state index is 12.8. The minimum atomic E-state index is -1.54. The molecule has 184 valence electrons. The minimum Gasteiger partial charge on any atom is -0.480 e. The predicted molar refractivity (Wildman–Crippen MR) is 135 cm³/mol. The number of carbonyl (C=O) groups is 3. The molecule has 0 saturated carbocycles. The number of hydrogen-bond acceptors (Lipinski definition) is 4. The number of benzene rings is 3. The van der Waals surface area contributed by atoms with Gasteiger partial charge in [-0.15, -0.1) is 0 Å². The zero-order chi connectivity index (χ0) is 25.5. The first-order valence-electron chi connectivity index (χ1n) is 11.5. The maximum Gasteiger partial charge on any atom is 0.326 e. The van der Waals surface area contributed by atoms with E-state index in [0.29, 0.717) is 0 Å². The Bertz CT molecular complexity index is 1190. The van der Waals surface area contributed by atoms with Crippen LogP contribution in [0.4, 0.5) is 4.79 Å². The lowest BCUT2D eigenvalue weighted by Gasteiger charge is -2.28. The van der Waals surface area contributed by atoms with Gasteiger partial charge in [0.15, 0.2) is 0 Å². The summed E-state index contributed by atoms with van der Waals surface area (Å²) in [7, 11) is 0. The van der Waals surface area contributed by atoms with Gasteiger partial charge in [-0.05, 0) is 33.4 Å². The van der Waals surface area contributed by atoms with Crippen LogP contribution in [0, 0.1) is 5.92 Å². The maximum absolute atomic E-state index is 12.8. The van der Waals surface area contributed by atoms with Crippen LogP contribution in [-0.2, 0) is 16.0 Å². The van der Waals surface area contributed by atoms with Gasteiger partial charge in [0.2, 0.25) is 5.91 Å². The quantitative estimate of drug-likeness (QED) is 0.356. The van der Waals surface area contributed by atoms with Crippen LogP contribution in [0.1, 0.15) is 19.4 Å². The van der Waals surface area contributed by atoms with E-state index >= 15 is 0 Å². The van der Waals surface area contributed by atoms with Gasteiger partial charge in [-0.3, -0.25) is 4.79 Å². The van der Waals surface area contributed by atoms with Crippen LogP contribution < -0.4 is 11.1 Å². The number of amides is 3. The van der Waals surface area contributed by atoms with Gasteiger partial charge in [0.1, 0.15) is 12.1 Å². The monoisotopic (exact) mass is 477 g/mol. The Labute approximate surface area is 204 Å². The molecule has 3 rings (SSSR count). The lowest BCUT2D eigenvalue weighted by Crippen LogP contribution is -2.52. The molecule has 0 spiro atoms. The third-order valence-corrected chi connectivity index (χ3v) is 5.68. The van der Waals surface area contributed by atoms with Crippen LogP contribution in [0.25, 0.3) is 21.9 Å². The van der Waals surface area contributed by atoms with Crippen molar-refractivity contribution in [1.29, 1.82) is 0 Å². The SMILES string of the molecule is CC(C)CN(CC(O)C(N)=O)C(=O)N[C@@H](Cc1ccc(-c2cccc3ccccc23)cc1)C(=O)O. The summed E-state index contributed by atoms with van der Waals surface area (Å²) in [5.41, 5.74) is 7.94. The number of nitrogens with one attached hydrogen (secondary N) is 1. The third kappa shape index (κ3) is 6.80. The number of rotatable bonds is 10. The number of urea groups is 1. The standard InChI is InChI=1S/C27H31N3O5/c1-17(2)15-30(16-24(31)25(28)32)27(35)29-23(26(33)34)14-18-10-12-20(13-11-18)22-9-5-7-19-6-3-4-8-21(19)22/h3-13,17,23-24,31H,14-16H2,1-2H3,(H2,28,32)(H,29,35)(H,33,34)/t23-,24?/m0/s1. The van der Waals surface area contributed by atoms with E-state index in [9.17, 15) is 24.6 Å². The number of hydrogen-bond donors (Lipinski definition) is 4. The van der Waals surface area contributed by atoms with E-state index in [1.807, 2.05) is 62.4 Å². The summed E-state index contributed by atoms with van der Waals surface area (Å²) in [5, 5.41) is 24.3. The fraction of sp³-hybridized carbons (Fsp3) is 0.296. The second-order valence-corrected chi connectivity index (χ2v) is 8.99. The predicted octanol–water partition coefficient (Wildman–Crippen LogP) is 3.02. The highest BCUT2D eigenvalue weighted by Crippen LogP contribution is 2.28. The number of carboxylic acids is 1. The molecule has 0 radical (unpaired) electrons. The molecule has 1 unspecified atom stereocenters. The molecule has 2 atom stereocenters. The Kier molecular flexibility index (Phi) is 8.43. The number of carbonyl (C=O) groups excluding carboxylic acids is 2. The van der Waals surface area contributed by atoms with Crippen molar-refractivity contribution in [3.8, 4) is 11.1 Å². The molecule has 5 N–H and O–H groups in total. The van der Waals surface area contributed by atoms with Gasteiger partial charge in [0.05, 0.1) is 6.54 Å². The first-order chi connectivity index (χ1) is 16.7. The van der Waals surface area contributed by atoms with Crippen molar-refractivity contribution in [2.24, 2.45) is 11.7 Å². The average Bonchev–Trinajstić information content (AvgIpc) is 2.82. The number of nitrogens with zero attached hydrogens (tertiary/aromatic N) is 1. The van der Waals surface area contributed by atoms with Crippen molar-refractivity contribution in [2.45, 2.75) is 32.4 Å². The first kappa shape index (κ1) is 25.7. The van der Waals surface area contributed by atoms with Gasteiger partial charge in [0, 0.05) is 13.0 Å². The van der Waals surface area contributed by atoms with Crippen molar-refractivity contribution in [2.75, 3.05) is 13.1 Å². The summed E-state index contributed by atoms with van der Waals surface area (Å²) in [6, 6.07) is 19.9. The van der Waals surface area contributed by atoms with Gasteiger partial charge in [-0.25, -0.2) is 9.59 Å². The van der Waals surface area contributed by atoms with Crippen LogP contribution in [0.15, 0.2) is 66.7 Å². The number of nitrogens with two attached hydrogens (primary N) is 1. The summed E-state index contributed by atoms with van der Waals surface area (Å²) in [5.74, 6) is -2.10. The number of aliphatic carboxylic acids is 1. The molecule has 0 fully saturated rings. The minimum absolute atomic E-state index is 0.0331. The third-order valence-electron chi connectivity index (χ3n) is 5.68. The summed E-state index contributed by atoms with van der Waals surface area (Å²) in [6.07, 6.45) is -1.46. The van der Waals surface area contributed by atoms with Crippen molar-refractivity contribution in [1.82, 2.24) is 10.2 Å². The van der Waals surface area contributed by atoms with Crippen molar-refractivity contribution in [3.05, 3.63) is 72.3 Å². The molecule has 0 heterocycles. The molecular formula is C27H31N3O5. The molecule has 3 aromatic carbocycles. The zero-order valence-electron chi connectivity index (χ0n) is 19.8. The van der Waals surface area contributed by atoms with E-state index in [0.717, 1.165) is 27.5 Å². The molecule has 0 bridgehead atoms. The summed E-state index contributed by atoms with van der Waals surface area (Å²) in [4.78, 5) is 37.1. The van der Waals surface area contributed by atoms with Gasteiger partial charge >= 0.3 is 12.0 Å². The molecule has 3 aromatic rings. The molecular weight excluding hydrogens is 446 g/mol. The Balaban J connectivity index is 1.74. The van der Waals surface area contributed by atoms with E-state index in [4.69, 9.17) is 5.73 Å². The van der Waals surface area contributed by atoms with E-state index in [2.05, 4.69) is 23.5 Å². The number of aliphatic hydroxyl groups is 1. The molecule has 8 heteroatoms. The van der Waals surface area contributed by atoms with Crippen LogP contribution in [0.2, 0.25) is 0 Å². The number of fused-ring (bicyclic) bond motifs is 1. The normalized spacial score (nSPS) is 12.8. The van der Waals surface area contributed by atoms with Crippen LogP contribution in [0.3, 0.4) is 0 Å². The molecule has 0 aliphatic rings. The summed E-state index contributed by atoms with van der Waals surface area (Å²) in [6.45, 7) is 3.64. The number of aliphatic hydroxyl groups excluding tert-OH is 1. The summed E-state index contributed by atoms with van der Waals surface area (Å²) >= 11 is 0. The van der Waals surface area contributed by atoms with Crippen LogP contribution in [0.5, 0.6) is 0 Å². The highest BCUT2D eigenvalue weighted by molar-refractivity contribution is 5.96. The molecule has 0 aromatic heterocycles. The highest BCUT2D eigenvalue weighted by Gasteiger charge is 2.26. The Morgan fingerprint density at radius 2 is 1.60 bits per heavy atom. The van der Waals surface area contributed by atoms with Crippen molar-refractivity contribution >= 4 is 28.7 Å². The van der Waals surface area contributed by atoms with Crippen LogP contribution >= 0.6 is 0 Å². The zero-order valence-corrected chi connectivity index (χ0v) is 19.8. The number of primary amides is 1. The van der Waals surface area contributed by atoms with Gasteiger partial charge in [-0.1, -0.05) is 80.6 Å². The fourth-order valence-electron chi connectivity index (χ4n) is 3.95. The molecule has 0 aliphatic heterocycles. The van der Waals surface area contributed by atoms with E-state index in [1.54, 1.807) is 0 Å². The second-order valence-electron chi connectivity index (χ2n) is 8.99. The Morgan fingerprint density at radius 3 is 2.23 bits per heavy atom. The van der Waals surface area contributed by atoms with Crippen molar-refractivity contribution in [3.63, 3.8) is 0 Å². The van der Waals surface area contributed by atoms with Crippen molar-refractivity contribution < 1.29 is 24.6 Å². The fourth-order valence-corrected chi connectivity index (χ4v) is 3.95. The molecule has 0 aliphatic carbocycles. The second kappa shape index (κ2) is 11.5. The Hall–Kier alpha value is -3.91. The first-order valence-corrected chi connectivity index (χ1v) is 11.5. The van der Waals surface area contributed by atoms with Crippen LogP contribution in [-0.4, -0.2) is 58.3 Å². The van der Waals surface area contributed by atoms with Gasteiger partial charge in [0.25, 0.3) is 0 Å². The summed E-state index contributed by atoms with van der Waals surface area (Å²) < 4.78 is 0. The highest BCUT2D eigenvalue weighted by atomic mass is 16.4. The molecule has 35 heavy (non-hydrogen) atoms. The molecule has 0 saturated heterocycles. The number of carboxylic acid groups (broad SMARTS) is 1. The smallest absolute Gasteiger partial charge is 0.326 e. The van der Waals surface area contributed by atoms with E-state index < -0.39 is 30.1 Å². The molecule has 3 amide bonds. The largest absolute Gasteiger partial charge is 0.480 e. The van der Waals surface area contributed by atoms with Gasteiger partial charge in [-0.2, -0.15) is 0 Å². The Morgan fingerprint density at radius 1 is 0.943 bits per heavy atom. The van der Waals surface area contributed by atoms with Gasteiger partial charge < -0.3 is 26.2 Å². The molecule has 8 nitrogen and oxygen atoms in total. The average molecular weight is 478 g/mol. The topological polar surface area (TPSA) is 133 Å². The lowest BCUT2D eigenvalue weighted by molar-refractivity contribution is -0.139. The van der Waals surface area contributed by atoms with E-state index in [-0.39, 0.29) is 25.4 Å².